The summed E-state index contributed by atoms with van der Waals surface area (Å²) in [6.45, 7) is 1.82. The smallest absolute Gasteiger partial charge is 0.293 e. The fraction of sp³-hybridized carbons (Fsp3) is 0.273. The van der Waals surface area contributed by atoms with Crippen LogP contribution in [0.4, 0.5) is 0 Å². The molecule has 0 bridgehead atoms. The van der Waals surface area contributed by atoms with Gasteiger partial charge in [-0.2, -0.15) is 0 Å². The molecule has 0 fully saturated rings. The molecule has 1 aromatic rings. The van der Waals surface area contributed by atoms with Crippen LogP contribution in [0.15, 0.2) is 18.3 Å². The molecule has 0 atom stereocenters. The van der Waals surface area contributed by atoms with E-state index >= 15 is 0 Å². The number of rotatable bonds is 6. The van der Waals surface area contributed by atoms with Crippen LogP contribution in [0.2, 0.25) is 0 Å². The number of hydrogen-bond donors (Lipinski definition) is 1. The second-order valence-corrected chi connectivity index (χ2v) is 2.87. The fourth-order valence-corrected chi connectivity index (χ4v) is 1.11. The van der Waals surface area contributed by atoms with Gasteiger partial charge in [0.1, 0.15) is 6.61 Å². The molecule has 0 unspecified atom stereocenters. The molecule has 0 saturated heterocycles. The normalized spacial score (nSPS) is 9.27. The lowest BCUT2D eigenvalue weighted by Crippen LogP contribution is -2.14. The first kappa shape index (κ1) is 11.2. The van der Waals surface area contributed by atoms with E-state index in [-0.39, 0.29) is 6.61 Å². The van der Waals surface area contributed by atoms with Crippen molar-refractivity contribution < 1.29 is 9.53 Å². The Morgan fingerprint density at radius 3 is 3.27 bits per heavy atom. The molecule has 0 amide bonds. The van der Waals surface area contributed by atoms with Crippen LogP contribution in [-0.4, -0.2) is 18.0 Å². The molecule has 15 heavy (non-hydrogen) atoms. The molecule has 0 aliphatic heterocycles. The molecule has 0 aromatic carbocycles. The van der Waals surface area contributed by atoms with Crippen LogP contribution in [0.1, 0.15) is 11.3 Å². The zero-order chi connectivity index (χ0) is 10.9. The van der Waals surface area contributed by atoms with Gasteiger partial charge in [-0.05, 0) is 17.7 Å². The van der Waals surface area contributed by atoms with Gasteiger partial charge in [-0.25, -0.2) is 0 Å². The second-order valence-electron chi connectivity index (χ2n) is 2.87. The lowest BCUT2D eigenvalue weighted by molar-refractivity contribution is -0.129. The van der Waals surface area contributed by atoms with Crippen LogP contribution in [-0.2, 0) is 22.7 Å². The number of pyridine rings is 1. The van der Waals surface area contributed by atoms with Gasteiger partial charge in [0.15, 0.2) is 0 Å². The molecule has 1 N–H and O–H groups in total. The van der Waals surface area contributed by atoms with Gasteiger partial charge in [0.25, 0.3) is 6.47 Å². The largest absolute Gasteiger partial charge is 0.463 e. The average Bonchev–Trinajstić information content (AvgIpc) is 2.27. The molecular formula is C11H12N2O2. The Kier molecular flexibility index (Phi) is 4.91. The summed E-state index contributed by atoms with van der Waals surface area (Å²) in [6.07, 6.45) is 6.77. The average molecular weight is 204 g/mol. The Hall–Kier alpha value is -1.86. The van der Waals surface area contributed by atoms with Crippen LogP contribution in [0.25, 0.3) is 0 Å². The molecule has 0 saturated carbocycles. The predicted octanol–water partition coefficient (Wildman–Crippen LogP) is 0.477. The first-order valence-corrected chi connectivity index (χ1v) is 4.50. The van der Waals surface area contributed by atoms with E-state index in [4.69, 9.17) is 6.42 Å². The number of hydrogen-bond acceptors (Lipinski definition) is 4. The van der Waals surface area contributed by atoms with Gasteiger partial charge in [0.05, 0.1) is 12.2 Å². The van der Waals surface area contributed by atoms with Gasteiger partial charge >= 0.3 is 0 Å². The van der Waals surface area contributed by atoms with Crippen molar-refractivity contribution in [1.29, 1.82) is 0 Å². The minimum absolute atomic E-state index is 0.272. The quantitative estimate of drug-likeness (QED) is 0.416. The van der Waals surface area contributed by atoms with Gasteiger partial charge < -0.3 is 10.1 Å². The van der Waals surface area contributed by atoms with Crippen molar-refractivity contribution in [2.24, 2.45) is 0 Å². The highest BCUT2D eigenvalue weighted by molar-refractivity contribution is 5.37. The van der Waals surface area contributed by atoms with E-state index in [1.54, 1.807) is 12.3 Å². The minimum Gasteiger partial charge on any atom is -0.463 e. The van der Waals surface area contributed by atoms with Crippen molar-refractivity contribution in [2.45, 2.75) is 13.2 Å². The number of terminal acetylenes is 1. The number of nitrogens with zero attached hydrogens (tertiary/aromatic N) is 1. The number of carbonyl (C=O) groups is 1. The first-order chi connectivity index (χ1) is 7.36. The van der Waals surface area contributed by atoms with Crippen LogP contribution in [0.3, 0.4) is 0 Å². The zero-order valence-corrected chi connectivity index (χ0v) is 8.27. The molecule has 1 aromatic heterocycles. The first-order valence-electron chi connectivity index (χ1n) is 4.50. The third kappa shape index (κ3) is 4.25. The highest BCUT2D eigenvalue weighted by atomic mass is 16.5. The maximum atomic E-state index is 10.0. The van der Waals surface area contributed by atoms with E-state index < -0.39 is 0 Å². The fourth-order valence-electron chi connectivity index (χ4n) is 1.11. The summed E-state index contributed by atoms with van der Waals surface area (Å²) in [5.74, 6) is 2.48. The van der Waals surface area contributed by atoms with Crippen molar-refractivity contribution >= 4 is 6.47 Å². The molecule has 0 spiro atoms. The molecule has 4 heteroatoms. The summed E-state index contributed by atoms with van der Waals surface area (Å²) in [7, 11) is 0. The zero-order valence-electron chi connectivity index (χ0n) is 8.27. The number of ether oxygens (including phenoxy) is 1. The van der Waals surface area contributed by atoms with Crippen molar-refractivity contribution in [3.05, 3.63) is 29.6 Å². The summed E-state index contributed by atoms with van der Waals surface area (Å²) in [4.78, 5) is 14.1. The highest BCUT2D eigenvalue weighted by Gasteiger charge is 1.97. The van der Waals surface area contributed by atoms with Gasteiger partial charge in [-0.1, -0.05) is 5.92 Å². The Labute approximate surface area is 88.7 Å². The predicted molar refractivity (Wildman–Crippen MR) is 55.6 cm³/mol. The maximum Gasteiger partial charge on any atom is 0.293 e. The van der Waals surface area contributed by atoms with Gasteiger partial charge in [-0.3, -0.25) is 9.78 Å². The summed E-state index contributed by atoms with van der Waals surface area (Å²) >= 11 is 0. The minimum atomic E-state index is 0.272. The lowest BCUT2D eigenvalue weighted by atomic mass is 10.2. The number of nitrogens with one attached hydrogen (secondary N) is 1. The number of carbonyl (C=O) groups excluding carboxylic acids is 1. The Morgan fingerprint density at radius 2 is 2.53 bits per heavy atom. The maximum absolute atomic E-state index is 10.0. The third-order valence-corrected chi connectivity index (χ3v) is 1.73. The summed E-state index contributed by atoms with van der Waals surface area (Å²) in [5, 5.41) is 3.03. The molecule has 0 aliphatic carbocycles. The molecule has 4 nitrogen and oxygen atoms in total. The van der Waals surface area contributed by atoms with Gasteiger partial charge in [0, 0.05) is 12.7 Å². The molecule has 1 rings (SSSR count). The molecule has 1 heterocycles. The van der Waals surface area contributed by atoms with Crippen molar-refractivity contribution in [3.8, 4) is 12.3 Å². The lowest BCUT2D eigenvalue weighted by Gasteiger charge is -2.03. The van der Waals surface area contributed by atoms with E-state index in [0.29, 0.717) is 19.6 Å². The number of aromatic nitrogens is 1. The van der Waals surface area contributed by atoms with Crippen LogP contribution in [0.5, 0.6) is 0 Å². The highest BCUT2D eigenvalue weighted by Crippen LogP contribution is 2.02. The monoisotopic (exact) mass is 204 g/mol. The van der Waals surface area contributed by atoms with Crippen LogP contribution in [0, 0.1) is 12.3 Å². The Balaban J connectivity index is 2.50. The van der Waals surface area contributed by atoms with E-state index in [1.165, 1.54) is 0 Å². The summed E-state index contributed by atoms with van der Waals surface area (Å²) in [6, 6.07) is 3.67. The molecule has 0 aliphatic rings. The van der Waals surface area contributed by atoms with Crippen molar-refractivity contribution in [2.75, 3.05) is 6.54 Å². The summed E-state index contributed by atoms with van der Waals surface area (Å²) < 4.78 is 4.64. The topological polar surface area (TPSA) is 51.2 Å². The Morgan fingerprint density at radius 1 is 1.67 bits per heavy atom. The van der Waals surface area contributed by atoms with Crippen LogP contribution >= 0.6 is 0 Å². The van der Waals surface area contributed by atoms with Crippen LogP contribution < -0.4 is 5.32 Å². The van der Waals surface area contributed by atoms with E-state index in [2.05, 4.69) is 21.0 Å². The molecular weight excluding hydrogens is 192 g/mol. The summed E-state index contributed by atoms with van der Waals surface area (Å²) in [5.41, 5.74) is 1.78. The Bertz CT molecular complexity index is 358. The molecule has 78 valence electrons. The van der Waals surface area contributed by atoms with E-state index in [9.17, 15) is 4.79 Å². The van der Waals surface area contributed by atoms with E-state index in [0.717, 1.165) is 11.3 Å². The second kappa shape index (κ2) is 6.57. The molecule has 0 radical (unpaired) electrons. The van der Waals surface area contributed by atoms with Gasteiger partial charge in [-0.15, -0.1) is 6.42 Å². The van der Waals surface area contributed by atoms with Gasteiger partial charge in [0.2, 0.25) is 0 Å². The SMILES string of the molecule is C#CCNCc1cc(COC=O)ccn1. The van der Waals surface area contributed by atoms with Crippen molar-refractivity contribution in [3.63, 3.8) is 0 Å². The van der Waals surface area contributed by atoms with E-state index in [1.807, 2.05) is 6.07 Å². The third-order valence-electron chi connectivity index (χ3n) is 1.73. The van der Waals surface area contributed by atoms with Crippen molar-refractivity contribution in [1.82, 2.24) is 10.3 Å². The standard InChI is InChI=1S/C11H12N2O2/c1-2-4-12-7-11-6-10(3-5-13-11)8-15-9-14/h1,3,5-6,9,12H,4,7-8H2.